The van der Waals surface area contributed by atoms with Gasteiger partial charge in [-0.1, -0.05) is 28.4 Å². The Morgan fingerprint density at radius 1 is 1.14 bits per heavy atom. The van der Waals surface area contributed by atoms with Gasteiger partial charge in [0.2, 0.25) is 0 Å². The average Bonchev–Trinajstić information content (AvgIpc) is 3.52. The van der Waals surface area contributed by atoms with Gasteiger partial charge in [0, 0.05) is 31.7 Å². The first-order chi connectivity index (χ1) is 17.1. The van der Waals surface area contributed by atoms with E-state index in [1.165, 1.54) is 37.7 Å². The molecule has 3 aliphatic rings. The average molecular weight is 485 g/mol. The maximum atomic E-state index is 11.8. The number of likely N-dealkylation sites (tertiary alicyclic amines) is 1. The molecule has 3 fully saturated rings. The highest BCUT2D eigenvalue weighted by Gasteiger charge is 2.50. The van der Waals surface area contributed by atoms with Crippen molar-refractivity contribution in [2.45, 2.75) is 51.0 Å². The van der Waals surface area contributed by atoms with Crippen LogP contribution in [-0.4, -0.2) is 80.2 Å². The van der Waals surface area contributed by atoms with Crippen molar-refractivity contribution < 1.29 is 23.4 Å². The molecule has 2 aliphatic heterocycles. The van der Waals surface area contributed by atoms with E-state index in [-0.39, 0.29) is 12.5 Å². The quantitative estimate of drug-likeness (QED) is 0.392. The van der Waals surface area contributed by atoms with Gasteiger partial charge in [0.05, 0.1) is 13.2 Å². The molecule has 2 aromatic rings. The molecule has 0 unspecified atom stereocenters. The zero-order chi connectivity index (χ0) is 24.3. The maximum absolute atomic E-state index is 11.8. The van der Waals surface area contributed by atoms with E-state index in [0.29, 0.717) is 36.6 Å². The molecule has 1 saturated carbocycles. The lowest BCUT2D eigenvalue weighted by Crippen LogP contribution is -2.56. The lowest BCUT2D eigenvalue weighted by atomic mass is 9.78. The van der Waals surface area contributed by atoms with Crippen LogP contribution in [0.25, 0.3) is 0 Å². The van der Waals surface area contributed by atoms with Crippen LogP contribution < -0.4 is 9.64 Å². The molecule has 1 aromatic heterocycles. The van der Waals surface area contributed by atoms with Gasteiger partial charge in [-0.3, -0.25) is 0 Å². The molecule has 1 spiro atoms. The van der Waals surface area contributed by atoms with E-state index in [9.17, 15) is 4.79 Å². The van der Waals surface area contributed by atoms with Crippen molar-refractivity contribution in [2.75, 3.05) is 58.0 Å². The SMILES string of the molecule is CCOC(=O)c1nnc(N2CC3(CC[C@@H](N4CCC(c5ccccc5OCCOC)CC4)C3)C2)o1. The van der Waals surface area contributed by atoms with Gasteiger partial charge in [-0.2, -0.15) is 0 Å². The smallest absolute Gasteiger partial charge is 0.396 e. The number of carbonyl (C=O) groups excluding carboxylic acids is 1. The summed E-state index contributed by atoms with van der Waals surface area (Å²) in [5, 5.41) is 7.90. The zero-order valence-corrected chi connectivity index (χ0v) is 20.8. The Kier molecular flexibility index (Phi) is 7.24. The molecule has 1 aliphatic carbocycles. The van der Waals surface area contributed by atoms with E-state index < -0.39 is 5.97 Å². The fourth-order valence-electron chi connectivity index (χ4n) is 6.05. The molecule has 3 heterocycles. The highest BCUT2D eigenvalue weighted by Crippen LogP contribution is 2.49. The summed E-state index contributed by atoms with van der Waals surface area (Å²) in [6.45, 7) is 7.32. The van der Waals surface area contributed by atoms with Gasteiger partial charge in [0.25, 0.3) is 0 Å². The molecule has 1 atom stereocenters. The van der Waals surface area contributed by atoms with Gasteiger partial charge in [0.15, 0.2) is 0 Å². The zero-order valence-electron chi connectivity index (χ0n) is 20.8. The number of hydrogen-bond acceptors (Lipinski definition) is 9. The normalized spacial score (nSPS) is 22.3. The number of ether oxygens (including phenoxy) is 3. The summed E-state index contributed by atoms with van der Waals surface area (Å²) in [5.74, 6) is 0.922. The monoisotopic (exact) mass is 484 g/mol. The molecule has 5 rings (SSSR count). The fourth-order valence-corrected chi connectivity index (χ4v) is 6.05. The number of benzene rings is 1. The van der Waals surface area contributed by atoms with Gasteiger partial charge < -0.3 is 28.4 Å². The summed E-state index contributed by atoms with van der Waals surface area (Å²) in [7, 11) is 1.70. The van der Waals surface area contributed by atoms with E-state index >= 15 is 0 Å². The third-order valence-electron chi connectivity index (χ3n) is 7.81. The van der Waals surface area contributed by atoms with Crippen LogP contribution in [0.4, 0.5) is 6.01 Å². The number of nitrogens with zero attached hydrogens (tertiary/aromatic N) is 4. The predicted octanol–water partition coefficient (Wildman–Crippen LogP) is 3.51. The molecule has 1 aromatic carbocycles. The van der Waals surface area contributed by atoms with Crippen molar-refractivity contribution in [3.05, 3.63) is 35.7 Å². The molecule has 35 heavy (non-hydrogen) atoms. The second kappa shape index (κ2) is 10.5. The van der Waals surface area contributed by atoms with Crippen molar-refractivity contribution in [3.63, 3.8) is 0 Å². The van der Waals surface area contributed by atoms with Crippen LogP contribution in [-0.2, 0) is 9.47 Å². The Hall–Kier alpha value is -2.65. The van der Waals surface area contributed by atoms with Crippen molar-refractivity contribution in [1.82, 2.24) is 15.1 Å². The second-order valence-corrected chi connectivity index (χ2v) is 10.1. The molecule has 9 heteroatoms. The van der Waals surface area contributed by atoms with Gasteiger partial charge >= 0.3 is 17.9 Å². The van der Waals surface area contributed by atoms with Crippen molar-refractivity contribution in [2.24, 2.45) is 5.41 Å². The topological polar surface area (TPSA) is 90.2 Å². The number of carbonyl (C=O) groups is 1. The van der Waals surface area contributed by atoms with Crippen LogP contribution in [0.1, 0.15) is 61.2 Å². The number of methoxy groups -OCH3 is 1. The Balaban J connectivity index is 1.11. The van der Waals surface area contributed by atoms with Crippen LogP contribution in [0.5, 0.6) is 5.75 Å². The Morgan fingerprint density at radius 3 is 2.71 bits per heavy atom. The number of para-hydroxylation sites is 1. The van der Waals surface area contributed by atoms with Gasteiger partial charge in [0.1, 0.15) is 12.4 Å². The number of aromatic nitrogens is 2. The largest absolute Gasteiger partial charge is 0.491 e. The summed E-state index contributed by atoms with van der Waals surface area (Å²) in [5.41, 5.74) is 1.66. The fraction of sp³-hybridized carbons (Fsp3) is 0.654. The lowest BCUT2D eigenvalue weighted by molar-refractivity contribution is 0.0480. The van der Waals surface area contributed by atoms with E-state index in [1.807, 2.05) is 6.07 Å². The second-order valence-electron chi connectivity index (χ2n) is 10.1. The third-order valence-corrected chi connectivity index (χ3v) is 7.81. The van der Waals surface area contributed by atoms with Crippen LogP contribution >= 0.6 is 0 Å². The number of piperidine rings is 1. The van der Waals surface area contributed by atoms with Gasteiger partial charge in [-0.25, -0.2) is 4.79 Å². The van der Waals surface area contributed by atoms with Crippen molar-refractivity contribution in [3.8, 4) is 5.75 Å². The summed E-state index contributed by atoms with van der Waals surface area (Å²) < 4.78 is 21.6. The summed E-state index contributed by atoms with van der Waals surface area (Å²) >= 11 is 0. The van der Waals surface area contributed by atoms with Crippen LogP contribution in [0.2, 0.25) is 0 Å². The van der Waals surface area contributed by atoms with Gasteiger partial charge in [-0.05, 0) is 69.7 Å². The first-order valence-corrected chi connectivity index (χ1v) is 12.8. The minimum Gasteiger partial charge on any atom is -0.491 e. The van der Waals surface area contributed by atoms with E-state index in [2.05, 4.69) is 38.2 Å². The minimum atomic E-state index is -0.560. The van der Waals surface area contributed by atoms with E-state index in [4.69, 9.17) is 18.6 Å². The van der Waals surface area contributed by atoms with E-state index in [1.54, 1.807) is 14.0 Å². The summed E-state index contributed by atoms with van der Waals surface area (Å²) in [6, 6.07) is 9.54. The Bertz CT molecular complexity index is 997. The number of esters is 1. The molecule has 0 radical (unpaired) electrons. The number of rotatable bonds is 9. The van der Waals surface area contributed by atoms with E-state index in [0.717, 1.165) is 31.9 Å². The first-order valence-electron chi connectivity index (χ1n) is 12.8. The molecule has 0 amide bonds. The molecular formula is C26H36N4O5. The first kappa shape index (κ1) is 24.1. The molecule has 190 valence electrons. The summed E-state index contributed by atoms with van der Waals surface area (Å²) in [6.07, 6.45) is 6.01. The lowest BCUT2D eigenvalue weighted by Gasteiger charge is -2.48. The van der Waals surface area contributed by atoms with Crippen LogP contribution in [0.15, 0.2) is 28.7 Å². The van der Waals surface area contributed by atoms with Crippen molar-refractivity contribution in [1.29, 1.82) is 0 Å². The third kappa shape index (κ3) is 5.16. The Labute approximate surface area is 206 Å². The van der Waals surface area contributed by atoms with Crippen molar-refractivity contribution >= 4 is 12.0 Å². The molecular weight excluding hydrogens is 448 g/mol. The molecule has 9 nitrogen and oxygen atoms in total. The standard InChI is InChI=1S/C26H36N4O5/c1-3-33-24(31)23-27-28-25(35-23)30-17-26(18-30)11-8-20(16-26)29-12-9-19(10-13-29)21-6-4-5-7-22(21)34-15-14-32-2/h4-7,19-20H,3,8-18H2,1-2H3/t20-/m1/s1. The van der Waals surface area contributed by atoms with Crippen LogP contribution in [0.3, 0.4) is 0 Å². The predicted molar refractivity (Wildman–Crippen MR) is 130 cm³/mol. The number of anilines is 1. The summed E-state index contributed by atoms with van der Waals surface area (Å²) in [4.78, 5) is 16.6. The highest BCUT2D eigenvalue weighted by atomic mass is 16.5. The number of hydrogen-bond donors (Lipinski definition) is 0. The molecule has 2 saturated heterocycles. The molecule has 0 N–H and O–H groups in total. The Morgan fingerprint density at radius 2 is 1.94 bits per heavy atom. The van der Waals surface area contributed by atoms with Gasteiger partial charge in [-0.15, -0.1) is 0 Å². The highest BCUT2D eigenvalue weighted by molar-refractivity contribution is 5.84. The molecule has 0 bridgehead atoms. The van der Waals surface area contributed by atoms with Crippen LogP contribution in [0, 0.1) is 5.41 Å². The minimum absolute atomic E-state index is 0.0689. The maximum Gasteiger partial charge on any atom is 0.396 e.